The number of hydrogen-bond donors (Lipinski definition) is 1. The van der Waals surface area contributed by atoms with Gasteiger partial charge in [0.05, 0.1) is 13.5 Å². The minimum Gasteiger partial charge on any atom is -0.496 e. The molecule has 1 saturated heterocycles. The lowest BCUT2D eigenvalue weighted by molar-refractivity contribution is -0.115. The zero-order chi connectivity index (χ0) is 29.6. The molecule has 0 unspecified atom stereocenters. The fourth-order valence-electron chi connectivity index (χ4n) is 5.69. The van der Waals surface area contributed by atoms with Gasteiger partial charge in [-0.15, -0.1) is 0 Å². The van der Waals surface area contributed by atoms with Crippen molar-refractivity contribution < 1.29 is 14.3 Å². The number of benzene rings is 5. The second-order valence-corrected chi connectivity index (χ2v) is 10.9. The second-order valence-electron chi connectivity index (χ2n) is 10.9. The van der Waals surface area contributed by atoms with Crippen LogP contribution in [-0.4, -0.2) is 54.9 Å². The van der Waals surface area contributed by atoms with Crippen LogP contribution in [0.3, 0.4) is 0 Å². The van der Waals surface area contributed by atoms with Crippen molar-refractivity contribution in [2.45, 2.75) is 13.0 Å². The van der Waals surface area contributed by atoms with Crippen molar-refractivity contribution >= 4 is 28.3 Å². The molecule has 0 aliphatic carbocycles. The van der Waals surface area contributed by atoms with Crippen molar-refractivity contribution in [3.05, 3.63) is 132 Å². The third-order valence-corrected chi connectivity index (χ3v) is 8.02. The molecule has 0 aromatic heterocycles. The number of rotatable bonds is 8. The summed E-state index contributed by atoms with van der Waals surface area (Å²) in [7, 11) is 1.71. The molecular formula is C37H35N3O3. The zero-order valence-corrected chi connectivity index (χ0v) is 24.3. The van der Waals surface area contributed by atoms with Gasteiger partial charge in [0, 0.05) is 49.5 Å². The highest BCUT2D eigenvalue weighted by molar-refractivity contribution is 5.98. The number of methoxy groups -OCH3 is 1. The molecule has 0 atom stereocenters. The van der Waals surface area contributed by atoms with Crippen molar-refractivity contribution in [2.24, 2.45) is 0 Å². The van der Waals surface area contributed by atoms with E-state index in [9.17, 15) is 9.59 Å². The van der Waals surface area contributed by atoms with E-state index in [0.29, 0.717) is 24.3 Å². The van der Waals surface area contributed by atoms with Gasteiger partial charge < -0.3 is 15.0 Å². The minimum absolute atomic E-state index is 0.0185. The van der Waals surface area contributed by atoms with E-state index in [1.165, 1.54) is 0 Å². The van der Waals surface area contributed by atoms with Crippen LogP contribution in [0.15, 0.2) is 115 Å². The van der Waals surface area contributed by atoms with Gasteiger partial charge >= 0.3 is 0 Å². The van der Waals surface area contributed by atoms with Gasteiger partial charge in [-0.2, -0.15) is 0 Å². The van der Waals surface area contributed by atoms with E-state index in [4.69, 9.17) is 4.74 Å². The van der Waals surface area contributed by atoms with Crippen molar-refractivity contribution in [1.29, 1.82) is 0 Å². The van der Waals surface area contributed by atoms with Gasteiger partial charge in [0.25, 0.3) is 5.91 Å². The Balaban J connectivity index is 1.03. The molecule has 5 aromatic rings. The van der Waals surface area contributed by atoms with E-state index < -0.39 is 0 Å². The van der Waals surface area contributed by atoms with E-state index in [1.54, 1.807) is 13.2 Å². The van der Waals surface area contributed by atoms with E-state index >= 15 is 0 Å². The summed E-state index contributed by atoms with van der Waals surface area (Å²) in [6, 6.07) is 38.1. The van der Waals surface area contributed by atoms with Gasteiger partial charge in [-0.25, -0.2) is 0 Å². The molecule has 5 aromatic carbocycles. The number of fused-ring (bicyclic) bond motifs is 1. The molecule has 1 heterocycles. The van der Waals surface area contributed by atoms with E-state index in [0.717, 1.165) is 58.4 Å². The Morgan fingerprint density at radius 1 is 0.721 bits per heavy atom. The maximum Gasteiger partial charge on any atom is 0.254 e. The van der Waals surface area contributed by atoms with E-state index in [2.05, 4.69) is 46.6 Å². The first-order valence-electron chi connectivity index (χ1n) is 14.7. The molecule has 0 spiro atoms. The predicted molar refractivity (Wildman–Crippen MR) is 172 cm³/mol. The van der Waals surface area contributed by atoms with Gasteiger partial charge in [0.1, 0.15) is 5.75 Å². The van der Waals surface area contributed by atoms with Crippen molar-refractivity contribution in [2.75, 3.05) is 38.6 Å². The highest BCUT2D eigenvalue weighted by Gasteiger charge is 2.23. The molecule has 6 rings (SSSR count). The monoisotopic (exact) mass is 569 g/mol. The lowest BCUT2D eigenvalue weighted by atomic mass is 10.0. The second kappa shape index (κ2) is 12.9. The van der Waals surface area contributed by atoms with Crippen molar-refractivity contribution in [3.63, 3.8) is 0 Å². The highest BCUT2D eigenvalue weighted by Crippen LogP contribution is 2.28. The quantitative estimate of drug-likeness (QED) is 0.227. The number of carbonyl (C=O) groups is 2. The first kappa shape index (κ1) is 28.2. The maximum absolute atomic E-state index is 13.4. The summed E-state index contributed by atoms with van der Waals surface area (Å²) >= 11 is 0. The number of nitrogens with one attached hydrogen (secondary N) is 1. The van der Waals surface area contributed by atoms with Gasteiger partial charge in [-0.3, -0.25) is 14.5 Å². The van der Waals surface area contributed by atoms with Crippen LogP contribution >= 0.6 is 0 Å². The SMILES string of the molecule is COc1cc(-c2ccccc2)ccc1CN1CCN(C(=O)c2cccc(NC(=O)Cc3ccc4ccccc4c3)c2)CC1. The number of hydrogen-bond acceptors (Lipinski definition) is 4. The minimum atomic E-state index is -0.110. The Morgan fingerprint density at radius 2 is 1.49 bits per heavy atom. The zero-order valence-electron chi connectivity index (χ0n) is 24.3. The molecule has 0 radical (unpaired) electrons. The van der Waals surface area contributed by atoms with Crippen LogP contribution in [0.2, 0.25) is 0 Å². The van der Waals surface area contributed by atoms with Crippen LogP contribution in [0.4, 0.5) is 5.69 Å². The van der Waals surface area contributed by atoms with E-state index in [-0.39, 0.29) is 18.2 Å². The first-order valence-corrected chi connectivity index (χ1v) is 14.7. The van der Waals surface area contributed by atoms with Gasteiger partial charge in [0.2, 0.25) is 5.91 Å². The van der Waals surface area contributed by atoms with Gasteiger partial charge in [0.15, 0.2) is 0 Å². The first-order chi connectivity index (χ1) is 21.1. The third kappa shape index (κ3) is 6.76. The smallest absolute Gasteiger partial charge is 0.254 e. The fraction of sp³-hybridized carbons (Fsp3) is 0.189. The van der Waals surface area contributed by atoms with Crippen LogP contribution in [0.25, 0.3) is 21.9 Å². The number of carbonyl (C=O) groups excluding carboxylic acids is 2. The molecule has 6 heteroatoms. The summed E-state index contributed by atoms with van der Waals surface area (Å²) in [5, 5.41) is 5.23. The summed E-state index contributed by atoms with van der Waals surface area (Å²) < 4.78 is 5.73. The lowest BCUT2D eigenvalue weighted by Crippen LogP contribution is -2.48. The standard InChI is InChI=1S/C37H35N3O3/c1-43-35-25-31(28-8-3-2-4-9-28)16-17-33(35)26-39-18-20-40(21-19-39)37(42)32-12-7-13-34(24-32)38-36(41)23-27-14-15-29-10-5-6-11-30(29)22-27/h2-17,22,24-25H,18-21,23,26H2,1H3,(H,38,41). The molecule has 216 valence electrons. The predicted octanol–water partition coefficient (Wildman–Crippen LogP) is 6.65. The summed E-state index contributed by atoms with van der Waals surface area (Å²) in [5.74, 6) is 0.745. The number of amides is 2. The van der Waals surface area contributed by atoms with Crippen molar-refractivity contribution in [3.8, 4) is 16.9 Å². The molecule has 6 nitrogen and oxygen atoms in total. The number of anilines is 1. The molecule has 1 aliphatic rings. The molecule has 0 saturated carbocycles. The van der Waals surface area contributed by atoms with Crippen LogP contribution in [-0.2, 0) is 17.8 Å². The lowest BCUT2D eigenvalue weighted by Gasteiger charge is -2.35. The van der Waals surface area contributed by atoms with Gasteiger partial charge in [-0.1, -0.05) is 91.0 Å². The third-order valence-electron chi connectivity index (χ3n) is 8.02. The molecular weight excluding hydrogens is 534 g/mol. The number of nitrogens with zero attached hydrogens (tertiary/aromatic N) is 2. The topological polar surface area (TPSA) is 61.9 Å². The highest BCUT2D eigenvalue weighted by atomic mass is 16.5. The maximum atomic E-state index is 13.4. The molecule has 1 fully saturated rings. The van der Waals surface area contributed by atoms with Gasteiger partial charge in [-0.05, 0) is 51.7 Å². The fourth-order valence-corrected chi connectivity index (χ4v) is 5.69. The largest absolute Gasteiger partial charge is 0.496 e. The van der Waals surface area contributed by atoms with E-state index in [1.807, 2.05) is 77.7 Å². The number of piperazine rings is 1. The number of ether oxygens (including phenoxy) is 1. The summed E-state index contributed by atoms with van der Waals surface area (Å²) in [6.07, 6.45) is 0.269. The van der Waals surface area contributed by atoms with Crippen molar-refractivity contribution in [1.82, 2.24) is 9.80 Å². The molecule has 1 N–H and O–H groups in total. The van der Waals surface area contributed by atoms with Crippen LogP contribution in [0, 0.1) is 0 Å². The molecule has 2 amide bonds. The van der Waals surface area contributed by atoms with Crippen LogP contribution in [0.5, 0.6) is 5.75 Å². The molecule has 0 bridgehead atoms. The Morgan fingerprint density at radius 3 is 2.28 bits per heavy atom. The summed E-state index contributed by atoms with van der Waals surface area (Å²) in [4.78, 5) is 30.4. The Bertz CT molecular complexity index is 1740. The Hall–Kier alpha value is -4.94. The average Bonchev–Trinajstić information content (AvgIpc) is 3.05. The molecule has 1 aliphatic heterocycles. The normalized spacial score (nSPS) is 13.6. The summed E-state index contributed by atoms with van der Waals surface area (Å²) in [6.45, 7) is 3.59. The average molecular weight is 570 g/mol. The van der Waals surface area contributed by atoms with Crippen LogP contribution < -0.4 is 10.1 Å². The molecule has 43 heavy (non-hydrogen) atoms. The van der Waals surface area contributed by atoms with Crippen LogP contribution in [0.1, 0.15) is 21.5 Å². The Kier molecular flexibility index (Phi) is 8.47. The summed E-state index contributed by atoms with van der Waals surface area (Å²) in [5.41, 5.74) is 5.58. The Labute approximate surface area is 252 Å².